The van der Waals surface area contributed by atoms with Crippen LogP contribution in [0, 0.1) is 0 Å². The van der Waals surface area contributed by atoms with Gasteiger partial charge in [0.25, 0.3) is 0 Å². The van der Waals surface area contributed by atoms with Gasteiger partial charge < -0.3 is 5.32 Å². The number of fused-ring (bicyclic) bond motifs is 8. The van der Waals surface area contributed by atoms with Gasteiger partial charge >= 0.3 is 0 Å². The zero-order chi connectivity index (χ0) is 26.3. The molecule has 2 aliphatic carbocycles. The number of allylic oxidation sites excluding steroid dienone is 4. The minimum Gasteiger partial charge on any atom is -0.355 e. The maximum absolute atomic E-state index is 4.55. The van der Waals surface area contributed by atoms with Crippen LogP contribution >= 0.6 is 0 Å². The molecule has 38 heavy (non-hydrogen) atoms. The van der Waals surface area contributed by atoms with E-state index in [-0.39, 0.29) is 0 Å². The predicted molar refractivity (Wildman–Crippen MR) is 164 cm³/mol. The summed E-state index contributed by atoms with van der Waals surface area (Å²) < 4.78 is 0. The highest BCUT2D eigenvalue weighted by Gasteiger charge is 2.52. The van der Waals surface area contributed by atoms with Crippen molar-refractivity contribution < 1.29 is 0 Å². The molecule has 0 aliphatic heterocycles. The molecule has 1 nitrogen and oxygen atoms in total. The summed E-state index contributed by atoms with van der Waals surface area (Å²) in [6, 6.07) is 39.2. The summed E-state index contributed by atoms with van der Waals surface area (Å²) in [5.74, 6) is 0. The van der Waals surface area contributed by atoms with Crippen LogP contribution in [0.4, 0.5) is 11.4 Å². The van der Waals surface area contributed by atoms with E-state index in [0.29, 0.717) is 0 Å². The lowest BCUT2D eigenvalue weighted by atomic mass is 9.70. The molecule has 1 heteroatoms. The molecule has 0 saturated heterocycles. The summed E-state index contributed by atoms with van der Waals surface area (Å²) in [5.41, 5.74) is 11.7. The van der Waals surface area contributed by atoms with E-state index in [9.17, 15) is 0 Å². The summed E-state index contributed by atoms with van der Waals surface area (Å²) in [5, 5.41) is 6.17. The van der Waals surface area contributed by atoms with Crippen molar-refractivity contribution in [3.05, 3.63) is 162 Å². The number of benzene rings is 5. The highest BCUT2D eigenvalue weighted by molar-refractivity contribution is 6.00. The van der Waals surface area contributed by atoms with Crippen molar-refractivity contribution in [3.8, 4) is 11.1 Å². The van der Waals surface area contributed by atoms with Gasteiger partial charge in [-0.05, 0) is 68.1 Å². The lowest BCUT2D eigenvalue weighted by Gasteiger charge is -2.31. The minimum atomic E-state index is -0.412. The lowest BCUT2D eigenvalue weighted by Crippen LogP contribution is -2.26. The zero-order valence-corrected chi connectivity index (χ0v) is 22.0. The van der Waals surface area contributed by atoms with Crippen LogP contribution in [-0.2, 0) is 5.41 Å². The Morgan fingerprint density at radius 2 is 1.29 bits per heavy atom. The summed E-state index contributed by atoms with van der Waals surface area (Å²) in [7, 11) is 0. The van der Waals surface area contributed by atoms with Crippen molar-refractivity contribution in [1.29, 1.82) is 0 Å². The summed E-state index contributed by atoms with van der Waals surface area (Å²) in [4.78, 5) is 0. The first-order valence-corrected chi connectivity index (χ1v) is 13.3. The van der Waals surface area contributed by atoms with Crippen molar-refractivity contribution in [2.75, 3.05) is 5.32 Å². The Labute approximate surface area is 225 Å². The second kappa shape index (κ2) is 9.36. The SMILES string of the molecule is C=C/C=C1\C(=C)c2ccccc2C12c1ccccc1-c1ccc(Nc3cccc4ccccc34)cc12.CC. The van der Waals surface area contributed by atoms with Gasteiger partial charge in [-0.2, -0.15) is 0 Å². The van der Waals surface area contributed by atoms with Crippen LogP contribution in [0.2, 0.25) is 0 Å². The number of hydrogen-bond donors (Lipinski definition) is 1. The predicted octanol–water partition coefficient (Wildman–Crippen LogP) is 10.1. The normalized spacial score (nSPS) is 17.5. The molecular formula is C37H31N. The monoisotopic (exact) mass is 489 g/mol. The molecule has 1 atom stereocenters. The molecule has 0 amide bonds. The Bertz CT molecular complexity index is 1750. The van der Waals surface area contributed by atoms with Crippen LogP contribution in [-0.4, -0.2) is 0 Å². The third kappa shape index (κ3) is 3.25. The van der Waals surface area contributed by atoms with E-state index < -0.39 is 5.41 Å². The van der Waals surface area contributed by atoms with Gasteiger partial charge in [-0.1, -0.05) is 130 Å². The second-order valence-corrected chi connectivity index (χ2v) is 9.55. The Balaban J connectivity index is 0.00000129. The highest BCUT2D eigenvalue weighted by Crippen LogP contribution is 2.63. The van der Waals surface area contributed by atoms with Gasteiger partial charge in [0.05, 0.1) is 5.41 Å². The molecule has 184 valence electrons. The van der Waals surface area contributed by atoms with Crippen molar-refractivity contribution >= 4 is 27.7 Å². The van der Waals surface area contributed by atoms with Crippen molar-refractivity contribution in [2.24, 2.45) is 0 Å². The fraction of sp³-hybridized carbons (Fsp3) is 0.0811. The molecule has 0 saturated carbocycles. The first kappa shape index (κ1) is 23.8. The first-order valence-electron chi connectivity index (χ1n) is 13.3. The third-order valence-electron chi connectivity index (χ3n) is 7.78. The van der Waals surface area contributed by atoms with Crippen LogP contribution < -0.4 is 5.32 Å². The maximum Gasteiger partial charge on any atom is 0.0726 e. The molecule has 1 unspecified atom stereocenters. The van der Waals surface area contributed by atoms with Gasteiger partial charge in [-0.15, -0.1) is 0 Å². The molecule has 1 spiro atoms. The largest absolute Gasteiger partial charge is 0.355 e. The quantitative estimate of drug-likeness (QED) is 0.266. The van der Waals surface area contributed by atoms with E-state index in [1.807, 2.05) is 19.9 Å². The van der Waals surface area contributed by atoms with E-state index in [0.717, 1.165) is 16.9 Å². The van der Waals surface area contributed by atoms with Crippen LogP contribution in [0.25, 0.3) is 27.5 Å². The minimum absolute atomic E-state index is 0.412. The Morgan fingerprint density at radius 3 is 2.08 bits per heavy atom. The highest BCUT2D eigenvalue weighted by atomic mass is 14.9. The van der Waals surface area contributed by atoms with Crippen molar-refractivity contribution in [2.45, 2.75) is 19.3 Å². The first-order chi connectivity index (χ1) is 18.7. The molecular weight excluding hydrogens is 458 g/mol. The number of anilines is 2. The fourth-order valence-corrected chi connectivity index (χ4v) is 6.36. The Kier molecular flexibility index (Phi) is 5.85. The van der Waals surface area contributed by atoms with E-state index in [1.54, 1.807) is 0 Å². The summed E-state index contributed by atoms with van der Waals surface area (Å²) in [6.07, 6.45) is 4.05. The number of nitrogens with one attached hydrogen (secondary N) is 1. The Hall–Kier alpha value is -4.62. The molecule has 0 fully saturated rings. The lowest BCUT2D eigenvalue weighted by molar-refractivity contribution is 0.795. The average molecular weight is 490 g/mol. The molecule has 0 bridgehead atoms. The topological polar surface area (TPSA) is 12.0 Å². The molecule has 2 aliphatic rings. The molecule has 0 heterocycles. The van der Waals surface area contributed by atoms with Crippen molar-refractivity contribution in [3.63, 3.8) is 0 Å². The Morgan fingerprint density at radius 1 is 0.658 bits per heavy atom. The van der Waals surface area contributed by atoms with Gasteiger partial charge in [0, 0.05) is 16.8 Å². The smallest absolute Gasteiger partial charge is 0.0726 e. The van der Waals surface area contributed by atoms with Crippen LogP contribution in [0.1, 0.15) is 36.1 Å². The van der Waals surface area contributed by atoms with E-state index >= 15 is 0 Å². The molecule has 1 N–H and O–H groups in total. The summed E-state index contributed by atoms with van der Waals surface area (Å²) >= 11 is 0. The van der Waals surface area contributed by atoms with Crippen LogP contribution in [0.3, 0.4) is 0 Å². The number of rotatable bonds is 3. The van der Waals surface area contributed by atoms with E-state index in [2.05, 4.69) is 134 Å². The van der Waals surface area contributed by atoms with Gasteiger partial charge in [-0.25, -0.2) is 0 Å². The third-order valence-corrected chi connectivity index (χ3v) is 7.78. The molecule has 5 aromatic rings. The fourth-order valence-electron chi connectivity index (χ4n) is 6.36. The average Bonchev–Trinajstić information content (AvgIpc) is 3.40. The molecule has 0 aromatic heterocycles. The van der Waals surface area contributed by atoms with Gasteiger partial charge in [-0.3, -0.25) is 0 Å². The van der Waals surface area contributed by atoms with Crippen molar-refractivity contribution in [1.82, 2.24) is 0 Å². The maximum atomic E-state index is 4.55. The second-order valence-electron chi connectivity index (χ2n) is 9.55. The number of hydrogen-bond acceptors (Lipinski definition) is 1. The summed E-state index contributed by atoms with van der Waals surface area (Å²) in [6.45, 7) is 12.6. The van der Waals surface area contributed by atoms with E-state index in [1.165, 1.54) is 49.7 Å². The molecule has 5 aromatic carbocycles. The van der Waals surface area contributed by atoms with Crippen LogP contribution in [0.5, 0.6) is 0 Å². The van der Waals surface area contributed by atoms with Gasteiger partial charge in [0.1, 0.15) is 0 Å². The zero-order valence-electron chi connectivity index (χ0n) is 22.0. The van der Waals surface area contributed by atoms with Crippen LogP contribution in [0.15, 0.2) is 140 Å². The van der Waals surface area contributed by atoms with Gasteiger partial charge in [0.15, 0.2) is 0 Å². The standard InChI is InChI=1S/C35H25N.C2H6/c1-3-11-30-23(2)26-14-6-8-17-31(26)35(30)32-18-9-7-16-28(32)29-21-20-25(22-33(29)35)36-34-19-10-13-24-12-4-5-15-27(24)34;1-2/h3-22,36H,1-2H2;1-2H3/b30-11+;. The van der Waals surface area contributed by atoms with E-state index in [4.69, 9.17) is 0 Å². The van der Waals surface area contributed by atoms with Gasteiger partial charge in [0.2, 0.25) is 0 Å². The molecule has 7 rings (SSSR count). The molecule has 0 radical (unpaired) electrons.